The van der Waals surface area contributed by atoms with E-state index in [1.165, 1.54) is 11.1 Å². The fraction of sp³-hybridized carbons (Fsp3) is 0.588. The molecule has 0 radical (unpaired) electrons. The molecular formula is C17H21NO3. The van der Waals surface area contributed by atoms with Gasteiger partial charge in [-0.15, -0.1) is 0 Å². The van der Waals surface area contributed by atoms with Gasteiger partial charge < -0.3 is 14.4 Å². The Bertz CT molecular complexity index is 551. The largest absolute Gasteiger partial charge is 0.493 e. The van der Waals surface area contributed by atoms with E-state index in [1.807, 2.05) is 4.90 Å². The Morgan fingerprint density at radius 2 is 2.19 bits per heavy atom. The van der Waals surface area contributed by atoms with E-state index in [-0.39, 0.29) is 5.92 Å². The molecule has 21 heavy (non-hydrogen) atoms. The molecule has 4 heteroatoms. The molecule has 1 aromatic carbocycles. The summed E-state index contributed by atoms with van der Waals surface area (Å²) >= 11 is 0. The maximum absolute atomic E-state index is 12.4. The molecular weight excluding hydrogens is 266 g/mol. The number of hydrogen-bond acceptors (Lipinski definition) is 3. The molecule has 3 aliphatic rings. The SMILES string of the molecule is O=C([C@H]1CCOC1)N1CC[C@@H](c2ccc3c(c2)CCO3)C1. The van der Waals surface area contributed by atoms with Gasteiger partial charge in [0, 0.05) is 32.0 Å². The summed E-state index contributed by atoms with van der Waals surface area (Å²) in [6.07, 6.45) is 2.97. The highest BCUT2D eigenvalue weighted by molar-refractivity contribution is 5.79. The summed E-state index contributed by atoms with van der Waals surface area (Å²) < 4.78 is 10.9. The molecule has 2 saturated heterocycles. The van der Waals surface area contributed by atoms with E-state index in [9.17, 15) is 4.79 Å². The first-order valence-corrected chi connectivity index (χ1v) is 7.93. The predicted molar refractivity (Wildman–Crippen MR) is 78.5 cm³/mol. The van der Waals surface area contributed by atoms with Crippen LogP contribution in [0.1, 0.15) is 29.9 Å². The summed E-state index contributed by atoms with van der Waals surface area (Å²) in [5, 5.41) is 0. The van der Waals surface area contributed by atoms with E-state index >= 15 is 0 Å². The molecule has 0 aromatic heterocycles. The van der Waals surface area contributed by atoms with Crippen LogP contribution < -0.4 is 4.74 Å². The second-order valence-corrected chi connectivity index (χ2v) is 6.30. The maximum Gasteiger partial charge on any atom is 0.228 e. The minimum Gasteiger partial charge on any atom is -0.493 e. The van der Waals surface area contributed by atoms with E-state index in [1.54, 1.807) is 0 Å². The van der Waals surface area contributed by atoms with Crippen molar-refractivity contribution in [2.24, 2.45) is 5.92 Å². The molecule has 0 saturated carbocycles. The number of carbonyl (C=O) groups is 1. The van der Waals surface area contributed by atoms with Crippen LogP contribution >= 0.6 is 0 Å². The molecule has 0 bridgehead atoms. The number of likely N-dealkylation sites (tertiary alicyclic amines) is 1. The molecule has 2 fully saturated rings. The number of carbonyl (C=O) groups excluding carboxylic acids is 1. The normalized spacial score (nSPS) is 27.7. The molecule has 0 spiro atoms. The van der Waals surface area contributed by atoms with Crippen LogP contribution in [0.3, 0.4) is 0 Å². The minimum absolute atomic E-state index is 0.0946. The van der Waals surface area contributed by atoms with Gasteiger partial charge in [0.25, 0.3) is 0 Å². The number of benzene rings is 1. The lowest BCUT2D eigenvalue weighted by Gasteiger charge is -2.20. The maximum atomic E-state index is 12.4. The molecule has 1 amide bonds. The Labute approximate surface area is 125 Å². The highest BCUT2D eigenvalue weighted by Crippen LogP contribution is 2.33. The highest BCUT2D eigenvalue weighted by Gasteiger charge is 2.33. The van der Waals surface area contributed by atoms with E-state index in [4.69, 9.17) is 9.47 Å². The number of nitrogens with zero attached hydrogens (tertiary/aromatic N) is 1. The lowest BCUT2D eigenvalue weighted by Crippen LogP contribution is -2.34. The van der Waals surface area contributed by atoms with Crippen molar-refractivity contribution in [2.45, 2.75) is 25.2 Å². The van der Waals surface area contributed by atoms with Crippen molar-refractivity contribution in [3.8, 4) is 5.75 Å². The summed E-state index contributed by atoms with van der Waals surface area (Å²) in [5.41, 5.74) is 2.68. The molecule has 0 unspecified atom stereocenters. The fourth-order valence-corrected chi connectivity index (χ4v) is 3.68. The molecule has 0 aliphatic carbocycles. The number of amides is 1. The predicted octanol–water partition coefficient (Wildman–Crippen LogP) is 1.97. The third kappa shape index (κ3) is 2.42. The molecule has 3 aliphatic heterocycles. The Hall–Kier alpha value is -1.55. The smallest absolute Gasteiger partial charge is 0.228 e. The average molecular weight is 287 g/mol. The van der Waals surface area contributed by atoms with Crippen LogP contribution in [-0.4, -0.2) is 43.7 Å². The third-order valence-electron chi connectivity index (χ3n) is 4.96. The van der Waals surface area contributed by atoms with Crippen molar-refractivity contribution in [1.29, 1.82) is 0 Å². The van der Waals surface area contributed by atoms with Crippen molar-refractivity contribution < 1.29 is 14.3 Å². The van der Waals surface area contributed by atoms with Crippen molar-refractivity contribution in [2.75, 3.05) is 32.9 Å². The minimum atomic E-state index is 0.0946. The number of rotatable bonds is 2. The van der Waals surface area contributed by atoms with Crippen LogP contribution in [-0.2, 0) is 16.0 Å². The van der Waals surface area contributed by atoms with Crippen LogP contribution in [0.4, 0.5) is 0 Å². The van der Waals surface area contributed by atoms with Crippen molar-refractivity contribution >= 4 is 5.91 Å². The molecule has 2 atom stereocenters. The second kappa shape index (κ2) is 5.34. The summed E-state index contributed by atoms with van der Waals surface area (Å²) in [6.45, 7) is 3.88. The van der Waals surface area contributed by atoms with E-state index in [0.29, 0.717) is 18.4 Å². The number of ether oxygens (including phenoxy) is 2. The van der Waals surface area contributed by atoms with Crippen molar-refractivity contribution in [3.05, 3.63) is 29.3 Å². The summed E-state index contributed by atoms with van der Waals surface area (Å²) in [4.78, 5) is 14.5. The van der Waals surface area contributed by atoms with E-state index < -0.39 is 0 Å². The molecule has 112 valence electrons. The average Bonchev–Trinajstić information content (AvgIpc) is 3.25. The standard InChI is InChI=1S/C17H21NO3/c19-17(15-4-7-20-11-15)18-6-3-14(10-18)12-1-2-16-13(9-12)5-8-21-16/h1-2,9,14-15H,3-8,10-11H2/t14-,15+/m1/s1. The number of fused-ring (bicyclic) bond motifs is 1. The van der Waals surface area contributed by atoms with Gasteiger partial charge in [0.15, 0.2) is 0 Å². The third-order valence-corrected chi connectivity index (χ3v) is 4.96. The highest BCUT2D eigenvalue weighted by atomic mass is 16.5. The van der Waals surface area contributed by atoms with Gasteiger partial charge in [-0.2, -0.15) is 0 Å². The van der Waals surface area contributed by atoms with Gasteiger partial charge in [-0.3, -0.25) is 4.79 Å². The van der Waals surface area contributed by atoms with Crippen LogP contribution in [0.15, 0.2) is 18.2 Å². The van der Waals surface area contributed by atoms with Crippen LogP contribution in [0, 0.1) is 5.92 Å². The molecule has 0 N–H and O–H groups in total. The van der Waals surface area contributed by atoms with Gasteiger partial charge in [-0.1, -0.05) is 12.1 Å². The Kier molecular flexibility index (Phi) is 3.34. The van der Waals surface area contributed by atoms with Gasteiger partial charge in [0.2, 0.25) is 5.91 Å². The summed E-state index contributed by atoms with van der Waals surface area (Å²) in [7, 11) is 0. The molecule has 1 aromatic rings. The topological polar surface area (TPSA) is 38.8 Å². The lowest BCUT2D eigenvalue weighted by molar-refractivity contribution is -0.134. The van der Waals surface area contributed by atoms with Crippen LogP contribution in [0.2, 0.25) is 0 Å². The van der Waals surface area contributed by atoms with Crippen molar-refractivity contribution in [1.82, 2.24) is 4.90 Å². The zero-order chi connectivity index (χ0) is 14.2. The summed E-state index contributed by atoms with van der Waals surface area (Å²) in [5.74, 6) is 1.90. The van der Waals surface area contributed by atoms with Crippen molar-refractivity contribution in [3.63, 3.8) is 0 Å². The monoisotopic (exact) mass is 287 g/mol. The van der Waals surface area contributed by atoms with E-state index in [2.05, 4.69) is 18.2 Å². The molecule has 3 heterocycles. The van der Waals surface area contributed by atoms with Crippen LogP contribution in [0.25, 0.3) is 0 Å². The van der Waals surface area contributed by atoms with Gasteiger partial charge in [0.1, 0.15) is 5.75 Å². The van der Waals surface area contributed by atoms with Gasteiger partial charge in [0.05, 0.1) is 19.1 Å². The second-order valence-electron chi connectivity index (χ2n) is 6.30. The zero-order valence-electron chi connectivity index (χ0n) is 12.2. The van der Waals surface area contributed by atoms with Gasteiger partial charge >= 0.3 is 0 Å². The first-order chi connectivity index (χ1) is 10.3. The first kappa shape index (κ1) is 13.1. The van der Waals surface area contributed by atoms with Gasteiger partial charge in [-0.25, -0.2) is 0 Å². The Balaban J connectivity index is 1.45. The molecule has 4 nitrogen and oxygen atoms in total. The quantitative estimate of drug-likeness (QED) is 0.835. The van der Waals surface area contributed by atoms with Gasteiger partial charge in [-0.05, 0) is 30.0 Å². The Morgan fingerprint density at radius 3 is 3.05 bits per heavy atom. The van der Waals surface area contributed by atoms with Crippen LogP contribution in [0.5, 0.6) is 5.75 Å². The zero-order valence-corrected chi connectivity index (χ0v) is 12.2. The number of hydrogen-bond donors (Lipinski definition) is 0. The fourth-order valence-electron chi connectivity index (χ4n) is 3.68. The summed E-state index contributed by atoms with van der Waals surface area (Å²) in [6, 6.07) is 6.54. The Morgan fingerprint density at radius 1 is 1.24 bits per heavy atom. The first-order valence-electron chi connectivity index (χ1n) is 7.93. The molecule has 4 rings (SSSR count). The lowest BCUT2D eigenvalue weighted by atomic mass is 9.96. The van der Waals surface area contributed by atoms with E-state index in [0.717, 1.165) is 51.3 Å².